The van der Waals surface area contributed by atoms with Crippen molar-refractivity contribution in [2.75, 3.05) is 18.4 Å². The number of rotatable bonds is 6. The summed E-state index contributed by atoms with van der Waals surface area (Å²) in [7, 11) is 0. The number of nitrogens with zero attached hydrogens (tertiary/aromatic N) is 1. The van der Waals surface area contributed by atoms with Gasteiger partial charge in [0.05, 0.1) is 6.54 Å². The van der Waals surface area contributed by atoms with Crippen LogP contribution in [0.3, 0.4) is 0 Å². The quantitative estimate of drug-likeness (QED) is 0.494. The summed E-state index contributed by atoms with van der Waals surface area (Å²) in [6.07, 6.45) is 3.85. The zero-order valence-corrected chi connectivity index (χ0v) is 14.0. The monoisotopic (exact) mass is 330 g/mol. The third-order valence-corrected chi connectivity index (χ3v) is 3.67. The first-order valence-corrected chi connectivity index (χ1v) is 8.06. The largest absolute Gasteiger partial charge is 0.423 e. The Hall–Kier alpha value is -2.63. The van der Waals surface area contributed by atoms with Crippen molar-refractivity contribution in [2.24, 2.45) is 0 Å². The number of carbonyl (C=O) groups is 3. The Bertz CT molecular complexity index is 667. The number of hydrogen-bond acceptors (Lipinski definition) is 4. The molecule has 0 saturated carbocycles. The highest BCUT2D eigenvalue weighted by molar-refractivity contribution is 5.95. The van der Waals surface area contributed by atoms with Gasteiger partial charge in [-0.25, -0.2) is 4.79 Å². The third kappa shape index (κ3) is 4.94. The third-order valence-electron chi connectivity index (χ3n) is 3.67. The average molecular weight is 330 g/mol. The van der Waals surface area contributed by atoms with Gasteiger partial charge in [-0.3, -0.25) is 9.59 Å². The number of carbonyl (C=O) groups excluding carboxylic acids is 3. The van der Waals surface area contributed by atoms with Gasteiger partial charge in [-0.05, 0) is 31.9 Å². The summed E-state index contributed by atoms with van der Waals surface area (Å²) >= 11 is 0. The zero-order valence-electron chi connectivity index (χ0n) is 14.0. The summed E-state index contributed by atoms with van der Waals surface area (Å²) in [4.78, 5) is 37.0. The molecule has 0 aliphatic carbocycles. The molecule has 0 unspecified atom stereocenters. The van der Waals surface area contributed by atoms with Crippen LogP contribution in [0, 0.1) is 0 Å². The second-order valence-electron chi connectivity index (χ2n) is 5.68. The van der Waals surface area contributed by atoms with Crippen molar-refractivity contribution in [3.8, 4) is 5.75 Å². The number of likely N-dealkylation sites (tertiary alicyclic amines) is 1. The first kappa shape index (κ1) is 17.7. The van der Waals surface area contributed by atoms with Gasteiger partial charge >= 0.3 is 5.97 Å². The van der Waals surface area contributed by atoms with Crippen molar-refractivity contribution < 1.29 is 19.1 Å². The van der Waals surface area contributed by atoms with Crippen LogP contribution < -0.4 is 10.1 Å². The van der Waals surface area contributed by atoms with E-state index in [-0.39, 0.29) is 18.4 Å². The molecule has 1 N–H and O–H groups in total. The van der Waals surface area contributed by atoms with E-state index < -0.39 is 5.97 Å². The van der Waals surface area contributed by atoms with E-state index in [9.17, 15) is 14.4 Å². The zero-order chi connectivity index (χ0) is 17.5. The fraction of sp³-hybridized carbons (Fsp3) is 0.389. The summed E-state index contributed by atoms with van der Waals surface area (Å²) in [5.41, 5.74) is 1.06. The summed E-state index contributed by atoms with van der Waals surface area (Å²) in [6, 6.07) is 6.63. The SMILES string of the molecule is CC/C=C(/C)C(=O)Oc1cccc(NC(=O)CN2CCCC2=O)c1. The van der Waals surface area contributed by atoms with Crippen LogP contribution in [0.2, 0.25) is 0 Å². The number of anilines is 1. The molecule has 1 heterocycles. The van der Waals surface area contributed by atoms with Gasteiger partial charge in [-0.15, -0.1) is 0 Å². The van der Waals surface area contributed by atoms with Crippen molar-refractivity contribution in [1.29, 1.82) is 0 Å². The number of esters is 1. The van der Waals surface area contributed by atoms with Gasteiger partial charge in [0, 0.05) is 30.3 Å². The maximum Gasteiger partial charge on any atom is 0.338 e. The molecular weight excluding hydrogens is 308 g/mol. The Labute approximate surface area is 141 Å². The van der Waals surface area contributed by atoms with Crippen LogP contribution in [-0.2, 0) is 14.4 Å². The second-order valence-corrected chi connectivity index (χ2v) is 5.68. The van der Waals surface area contributed by atoms with Gasteiger partial charge < -0.3 is 15.0 Å². The van der Waals surface area contributed by atoms with Crippen LogP contribution in [0.1, 0.15) is 33.1 Å². The molecule has 0 radical (unpaired) electrons. The lowest BCUT2D eigenvalue weighted by Gasteiger charge is -2.15. The summed E-state index contributed by atoms with van der Waals surface area (Å²) in [5, 5.41) is 2.72. The van der Waals surface area contributed by atoms with E-state index in [2.05, 4.69) is 5.32 Å². The lowest BCUT2D eigenvalue weighted by atomic mass is 10.2. The van der Waals surface area contributed by atoms with Crippen LogP contribution >= 0.6 is 0 Å². The van der Waals surface area contributed by atoms with Gasteiger partial charge in [-0.2, -0.15) is 0 Å². The number of amides is 2. The topological polar surface area (TPSA) is 75.7 Å². The van der Waals surface area contributed by atoms with Crippen LogP contribution in [-0.4, -0.2) is 35.8 Å². The molecule has 128 valence electrons. The molecule has 1 fully saturated rings. The molecule has 24 heavy (non-hydrogen) atoms. The predicted octanol–water partition coefficient (Wildman–Crippen LogP) is 2.51. The molecule has 1 aliphatic rings. The smallest absolute Gasteiger partial charge is 0.338 e. The lowest BCUT2D eigenvalue weighted by Crippen LogP contribution is -2.33. The number of hydrogen-bond donors (Lipinski definition) is 1. The van der Waals surface area contributed by atoms with Crippen LogP contribution in [0.4, 0.5) is 5.69 Å². The van der Waals surface area contributed by atoms with E-state index in [1.54, 1.807) is 37.3 Å². The molecule has 0 aromatic heterocycles. The van der Waals surface area contributed by atoms with Gasteiger partial charge in [0.2, 0.25) is 11.8 Å². The first-order valence-electron chi connectivity index (χ1n) is 8.06. The maximum absolute atomic E-state index is 12.0. The molecule has 1 aromatic rings. The molecule has 2 amide bonds. The molecule has 2 rings (SSSR count). The summed E-state index contributed by atoms with van der Waals surface area (Å²) in [6.45, 7) is 4.30. The Kier molecular flexibility index (Phi) is 6.12. The fourth-order valence-electron chi connectivity index (χ4n) is 2.46. The second kappa shape index (κ2) is 8.29. The van der Waals surface area contributed by atoms with Crippen LogP contribution in [0.15, 0.2) is 35.9 Å². The molecular formula is C18H22N2O4. The Balaban J connectivity index is 1.94. The average Bonchev–Trinajstić information content (AvgIpc) is 2.92. The molecule has 1 saturated heterocycles. The number of allylic oxidation sites excluding steroid dienone is 1. The highest BCUT2D eigenvalue weighted by atomic mass is 16.5. The highest BCUT2D eigenvalue weighted by Gasteiger charge is 2.22. The van der Waals surface area contributed by atoms with Crippen molar-refractivity contribution in [2.45, 2.75) is 33.1 Å². The van der Waals surface area contributed by atoms with Gasteiger partial charge in [0.25, 0.3) is 0 Å². The molecule has 0 atom stereocenters. The molecule has 6 heteroatoms. The van der Waals surface area contributed by atoms with Gasteiger partial charge in [0.15, 0.2) is 0 Å². The predicted molar refractivity (Wildman–Crippen MR) is 90.6 cm³/mol. The van der Waals surface area contributed by atoms with Crippen LogP contribution in [0.25, 0.3) is 0 Å². The van der Waals surface area contributed by atoms with Crippen LogP contribution in [0.5, 0.6) is 5.75 Å². The normalized spacial score (nSPS) is 14.7. The number of nitrogens with one attached hydrogen (secondary N) is 1. The first-order chi connectivity index (χ1) is 11.5. The van der Waals surface area contributed by atoms with Gasteiger partial charge in [0.1, 0.15) is 5.75 Å². The van der Waals surface area contributed by atoms with E-state index in [1.165, 1.54) is 4.90 Å². The van der Waals surface area contributed by atoms with E-state index >= 15 is 0 Å². The minimum atomic E-state index is -0.414. The summed E-state index contributed by atoms with van der Waals surface area (Å²) in [5.74, 6) is -0.316. The van der Waals surface area contributed by atoms with Crippen molar-refractivity contribution in [1.82, 2.24) is 4.90 Å². The molecule has 6 nitrogen and oxygen atoms in total. The van der Waals surface area contributed by atoms with E-state index in [1.807, 2.05) is 6.92 Å². The minimum Gasteiger partial charge on any atom is -0.423 e. The molecule has 1 aromatic carbocycles. The van der Waals surface area contributed by atoms with Gasteiger partial charge in [-0.1, -0.05) is 19.1 Å². The number of benzene rings is 1. The molecule has 0 spiro atoms. The highest BCUT2D eigenvalue weighted by Crippen LogP contribution is 2.19. The lowest BCUT2D eigenvalue weighted by molar-refractivity contribution is -0.131. The molecule has 0 bridgehead atoms. The molecule has 1 aliphatic heterocycles. The summed E-state index contributed by atoms with van der Waals surface area (Å²) < 4.78 is 5.28. The Morgan fingerprint density at radius 3 is 2.83 bits per heavy atom. The minimum absolute atomic E-state index is 0.00557. The van der Waals surface area contributed by atoms with E-state index in [4.69, 9.17) is 4.74 Å². The van der Waals surface area contributed by atoms with Crippen molar-refractivity contribution >= 4 is 23.5 Å². The van der Waals surface area contributed by atoms with Crippen molar-refractivity contribution in [3.05, 3.63) is 35.9 Å². The Morgan fingerprint density at radius 2 is 2.17 bits per heavy atom. The van der Waals surface area contributed by atoms with E-state index in [0.717, 1.165) is 12.8 Å². The standard InChI is InChI=1S/C18H22N2O4/c1-3-6-13(2)18(23)24-15-8-4-7-14(11-15)19-16(21)12-20-10-5-9-17(20)22/h4,6-8,11H,3,5,9-10,12H2,1-2H3,(H,19,21)/b13-6-. The van der Waals surface area contributed by atoms with Crippen molar-refractivity contribution in [3.63, 3.8) is 0 Å². The Morgan fingerprint density at radius 1 is 1.38 bits per heavy atom. The number of ether oxygens (including phenoxy) is 1. The fourth-order valence-corrected chi connectivity index (χ4v) is 2.46. The van der Waals surface area contributed by atoms with E-state index in [0.29, 0.717) is 30.0 Å². The maximum atomic E-state index is 12.0.